The van der Waals surface area contributed by atoms with Gasteiger partial charge in [0.05, 0.1) is 27.7 Å². The van der Waals surface area contributed by atoms with Gasteiger partial charge < -0.3 is 18.9 Å². The highest BCUT2D eigenvalue weighted by atomic mass is 31.2. The summed E-state index contributed by atoms with van der Waals surface area (Å²) >= 11 is 0. The Labute approximate surface area is 491 Å². The lowest BCUT2D eigenvalue weighted by Gasteiger charge is -2.24. The molecule has 0 radical (unpaired) electrons. The van der Waals surface area contributed by atoms with Gasteiger partial charge >= 0.3 is 19.8 Å². The fourth-order valence-electron chi connectivity index (χ4n) is 10.4. The largest absolute Gasteiger partial charge is 0.472 e. The molecule has 10 heteroatoms. The van der Waals surface area contributed by atoms with E-state index in [2.05, 4.69) is 38.2 Å². The van der Waals surface area contributed by atoms with Gasteiger partial charge in [-0.05, 0) is 44.9 Å². The number of unbranched alkanes of at least 4 members (excludes halogenated alkanes) is 47. The number of phosphoric acid groups is 1. The maximum atomic E-state index is 12.8. The number of hydrogen-bond donors (Lipinski definition) is 1. The first-order valence-electron chi connectivity index (χ1n) is 34.6. The molecule has 0 amide bonds. The summed E-state index contributed by atoms with van der Waals surface area (Å²) in [5.74, 6) is -0.783. The van der Waals surface area contributed by atoms with Crippen molar-refractivity contribution >= 4 is 19.8 Å². The molecule has 0 aromatic heterocycles. The van der Waals surface area contributed by atoms with E-state index >= 15 is 0 Å². The van der Waals surface area contributed by atoms with Gasteiger partial charge in [0, 0.05) is 12.8 Å². The minimum Gasteiger partial charge on any atom is -0.462 e. The maximum Gasteiger partial charge on any atom is 0.472 e. The van der Waals surface area contributed by atoms with Crippen LogP contribution in [0.2, 0.25) is 0 Å². The van der Waals surface area contributed by atoms with Crippen molar-refractivity contribution in [2.24, 2.45) is 0 Å². The highest BCUT2D eigenvalue weighted by Gasteiger charge is 2.27. The average Bonchev–Trinajstić information content (AvgIpc) is 3.41. The van der Waals surface area contributed by atoms with Gasteiger partial charge in [-0.2, -0.15) is 0 Å². The van der Waals surface area contributed by atoms with Crippen LogP contribution in [0.5, 0.6) is 0 Å². The number of carbonyl (C=O) groups excluding carboxylic acids is 2. The molecule has 0 aliphatic heterocycles. The van der Waals surface area contributed by atoms with E-state index in [1.807, 2.05) is 21.1 Å². The minimum atomic E-state index is -4.39. The normalized spacial score (nSPS) is 13.2. The van der Waals surface area contributed by atoms with Gasteiger partial charge in [-0.25, -0.2) is 4.57 Å². The SMILES string of the molecule is CCCCC/C=C\C/C=C\CCCCCCCCCCCC(=O)OC(COC(=O)CCCCCCCCCCCCCCCCCCCCCCCCCCCCCCCCCCCCCC)COP(=O)(O)OCC[N+](C)(C)C. The fourth-order valence-corrected chi connectivity index (χ4v) is 11.1. The number of carbonyl (C=O) groups is 2. The Bertz CT molecular complexity index is 1380. The molecule has 79 heavy (non-hydrogen) atoms. The molecular weight excluding hydrogens is 1000 g/mol. The Morgan fingerprint density at radius 2 is 0.684 bits per heavy atom. The van der Waals surface area contributed by atoms with E-state index < -0.39 is 26.5 Å². The van der Waals surface area contributed by atoms with Crippen molar-refractivity contribution in [1.82, 2.24) is 0 Å². The van der Waals surface area contributed by atoms with Crippen LogP contribution >= 0.6 is 7.82 Å². The first-order valence-corrected chi connectivity index (χ1v) is 36.1. The van der Waals surface area contributed by atoms with Crippen molar-refractivity contribution in [1.29, 1.82) is 0 Å². The summed E-state index contributed by atoms with van der Waals surface area (Å²) in [6.07, 6.45) is 75.8. The second-order valence-corrected chi connectivity index (χ2v) is 26.4. The number of allylic oxidation sites excluding steroid dienone is 4. The van der Waals surface area contributed by atoms with Gasteiger partial charge in [-0.3, -0.25) is 18.6 Å². The third kappa shape index (κ3) is 65.5. The number of phosphoric ester groups is 1. The van der Waals surface area contributed by atoms with Crippen LogP contribution in [0, 0.1) is 0 Å². The smallest absolute Gasteiger partial charge is 0.462 e. The van der Waals surface area contributed by atoms with Crippen LogP contribution in [-0.4, -0.2) is 74.9 Å². The van der Waals surface area contributed by atoms with Crippen LogP contribution in [0.4, 0.5) is 0 Å². The van der Waals surface area contributed by atoms with E-state index in [9.17, 15) is 19.0 Å². The number of nitrogens with zero attached hydrogens (tertiary/aromatic N) is 1. The topological polar surface area (TPSA) is 108 Å². The molecular formula is C69H135NO8P+. The molecule has 1 N–H and O–H groups in total. The molecule has 2 unspecified atom stereocenters. The second kappa shape index (κ2) is 61.1. The first-order chi connectivity index (χ1) is 38.5. The molecule has 0 fully saturated rings. The molecule has 0 aliphatic carbocycles. The zero-order valence-corrected chi connectivity index (χ0v) is 54.3. The van der Waals surface area contributed by atoms with E-state index in [0.717, 1.165) is 44.9 Å². The van der Waals surface area contributed by atoms with Crippen molar-refractivity contribution in [3.05, 3.63) is 24.3 Å². The van der Waals surface area contributed by atoms with E-state index in [0.29, 0.717) is 23.9 Å². The predicted octanol–water partition coefficient (Wildman–Crippen LogP) is 22.1. The fraction of sp³-hybridized carbons (Fsp3) is 0.913. The second-order valence-electron chi connectivity index (χ2n) is 24.9. The molecule has 2 atom stereocenters. The van der Waals surface area contributed by atoms with Gasteiger partial charge in [-0.1, -0.05) is 321 Å². The van der Waals surface area contributed by atoms with Crippen LogP contribution in [0.1, 0.15) is 354 Å². The van der Waals surface area contributed by atoms with Crippen molar-refractivity contribution < 1.29 is 42.1 Å². The lowest BCUT2D eigenvalue weighted by Crippen LogP contribution is -2.37. The third-order valence-electron chi connectivity index (χ3n) is 15.7. The summed E-state index contributed by atoms with van der Waals surface area (Å²) in [6, 6.07) is 0. The molecule has 0 heterocycles. The number of quaternary nitrogens is 1. The summed E-state index contributed by atoms with van der Waals surface area (Å²) in [4.78, 5) is 35.8. The molecule has 0 bridgehead atoms. The zero-order chi connectivity index (χ0) is 57.7. The van der Waals surface area contributed by atoms with Crippen LogP contribution in [0.15, 0.2) is 24.3 Å². The molecule has 468 valence electrons. The zero-order valence-electron chi connectivity index (χ0n) is 53.4. The summed E-state index contributed by atoms with van der Waals surface area (Å²) < 4.78 is 34.7. The van der Waals surface area contributed by atoms with E-state index in [1.54, 1.807) is 0 Å². The van der Waals surface area contributed by atoms with E-state index in [-0.39, 0.29) is 25.6 Å². The summed E-state index contributed by atoms with van der Waals surface area (Å²) in [5.41, 5.74) is 0. The Hall–Kier alpha value is -1.51. The van der Waals surface area contributed by atoms with Crippen LogP contribution in [0.25, 0.3) is 0 Å². The molecule has 0 aliphatic rings. The third-order valence-corrected chi connectivity index (χ3v) is 16.7. The van der Waals surface area contributed by atoms with Crippen molar-refractivity contribution in [3.8, 4) is 0 Å². The molecule has 0 aromatic carbocycles. The quantitative estimate of drug-likeness (QED) is 0.0211. The molecule has 0 saturated carbocycles. The van der Waals surface area contributed by atoms with Gasteiger partial charge in [0.1, 0.15) is 19.8 Å². The average molecular weight is 1140 g/mol. The van der Waals surface area contributed by atoms with E-state index in [4.69, 9.17) is 18.5 Å². The minimum absolute atomic E-state index is 0.0334. The first kappa shape index (κ1) is 77.5. The monoisotopic (exact) mass is 1140 g/mol. The highest BCUT2D eigenvalue weighted by molar-refractivity contribution is 7.47. The van der Waals surface area contributed by atoms with E-state index in [1.165, 1.54) is 276 Å². The lowest BCUT2D eigenvalue weighted by molar-refractivity contribution is -0.870. The van der Waals surface area contributed by atoms with Crippen LogP contribution < -0.4 is 0 Å². The molecule has 9 nitrogen and oxygen atoms in total. The number of likely N-dealkylation sites (N-methyl/N-ethyl adjacent to an activating group) is 1. The van der Waals surface area contributed by atoms with Crippen molar-refractivity contribution in [3.63, 3.8) is 0 Å². The lowest BCUT2D eigenvalue weighted by atomic mass is 10.0. The van der Waals surface area contributed by atoms with Gasteiger partial charge in [0.15, 0.2) is 6.10 Å². The molecule has 0 saturated heterocycles. The number of rotatable bonds is 65. The van der Waals surface area contributed by atoms with Gasteiger partial charge in [-0.15, -0.1) is 0 Å². The molecule has 0 spiro atoms. The van der Waals surface area contributed by atoms with Crippen molar-refractivity contribution in [2.75, 3.05) is 47.5 Å². The standard InChI is InChI=1S/C69H134NO8P/c1-6-8-10-12-14-16-18-20-22-24-26-27-28-29-30-31-32-33-34-35-36-37-38-39-40-41-42-44-45-47-49-51-53-55-57-59-61-68(71)75-65-67(66-77-79(73,74)76-64-63-70(3,4)5)78-69(72)62-60-58-56-54-52-50-48-46-43-25-23-21-19-17-15-13-11-9-7-2/h15,17,21,23,67H,6-14,16,18-20,22,24-66H2,1-5H3/p+1/b17-15-,23-21-. The highest BCUT2D eigenvalue weighted by Crippen LogP contribution is 2.43. The Balaban J connectivity index is 3.91. The molecule has 0 aromatic rings. The van der Waals surface area contributed by atoms with Gasteiger partial charge in [0.2, 0.25) is 0 Å². The number of hydrogen-bond acceptors (Lipinski definition) is 7. The summed E-state index contributed by atoms with van der Waals surface area (Å²) in [6.45, 7) is 4.47. The molecule has 0 rings (SSSR count). The predicted molar refractivity (Wildman–Crippen MR) is 340 cm³/mol. The van der Waals surface area contributed by atoms with Crippen LogP contribution in [0.3, 0.4) is 0 Å². The van der Waals surface area contributed by atoms with Crippen LogP contribution in [-0.2, 0) is 32.7 Å². The summed E-state index contributed by atoms with van der Waals surface area (Å²) in [5, 5.41) is 0. The summed E-state index contributed by atoms with van der Waals surface area (Å²) in [7, 11) is 1.49. The number of ether oxygens (including phenoxy) is 2. The van der Waals surface area contributed by atoms with Gasteiger partial charge in [0.25, 0.3) is 0 Å². The van der Waals surface area contributed by atoms with Crippen molar-refractivity contribution in [2.45, 2.75) is 360 Å². The Kier molecular flexibility index (Phi) is 59.9. The maximum absolute atomic E-state index is 12.8. The Morgan fingerprint density at radius 3 is 1.03 bits per heavy atom. The number of esters is 2. The Morgan fingerprint density at radius 1 is 0.392 bits per heavy atom.